The van der Waals surface area contributed by atoms with Gasteiger partial charge in [-0.05, 0) is 41.7 Å². The van der Waals surface area contributed by atoms with Gasteiger partial charge in [0.05, 0.1) is 15.9 Å². The minimum absolute atomic E-state index is 0.0385. The summed E-state index contributed by atoms with van der Waals surface area (Å²) < 4.78 is 0. The van der Waals surface area contributed by atoms with Crippen molar-refractivity contribution in [2.75, 3.05) is 16.8 Å². The van der Waals surface area contributed by atoms with Gasteiger partial charge in [-0.2, -0.15) is 0 Å². The topological polar surface area (TPSA) is 102 Å². The molecule has 1 unspecified atom stereocenters. The molecule has 0 saturated carbocycles. The predicted octanol–water partition coefficient (Wildman–Crippen LogP) is 6.86. The van der Waals surface area contributed by atoms with Gasteiger partial charge in [0.15, 0.2) is 0 Å². The normalized spacial score (nSPS) is 20.6. The van der Waals surface area contributed by atoms with Crippen LogP contribution in [0.4, 0.5) is 22.7 Å². The van der Waals surface area contributed by atoms with Gasteiger partial charge in [0.25, 0.3) is 11.4 Å². The lowest BCUT2D eigenvalue weighted by Crippen LogP contribution is -2.31. The largest absolute Gasteiger partial charge is 0.378 e. The highest BCUT2D eigenvalue weighted by Crippen LogP contribution is 2.49. The van der Waals surface area contributed by atoms with Crippen LogP contribution < -0.4 is 10.2 Å². The minimum Gasteiger partial charge on any atom is -0.378 e. The van der Waals surface area contributed by atoms with Crippen LogP contribution in [0.2, 0.25) is 0 Å². The monoisotopic (exact) mass is 490 g/mol. The minimum atomic E-state index is -0.398. The highest BCUT2D eigenvalue weighted by molar-refractivity contribution is 5.73. The van der Waals surface area contributed by atoms with E-state index in [0.717, 1.165) is 41.2 Å². The lowest BCUT2D eigenvalue weighted by molar-refractivity contribution is -0.385. The molecule has 190 valence electrons. The van der Waals surface area contributed by atoms with Crippen molar-refractivity contribution in [3.05, 3.63) is 91.7 Å². The summed E-state index contributed by atoms with van der Waals surface area (Å²) in [5.41, 5.74) is 4.38. The van der Waals surface area contributed by atoms with Crippen molar-refractivity contribution in [2.45, 2.75) is 64.8 Å². The van der Waals surface area contributed by atoms with E-state index in [4.69, 9.17) is 0 Å². The molecule has 0 radical (unpaired) electrons. The van der Waals surface area contributed by atoms with Gasteiger partial charge in [-0.25, -0.2) is 0 Å². The molecule has 0 bridgehead atoms. The smallest absolute Gasteiger partial charge is 0.269 e. The molecule has 2 heterocycles. The Bertz CT molecular complexity index is 1280. The Balaban J connectivity index is 1.67. The van der Waals surface area contributed by atoms with Crippen LogP contribution in [0.5, 0.6) is 0 Å². The molecule has 2 aliphatic heterocycles. The summed E-state index contributed by atoms with van der Waals surface area (Å²) in [5.74, 6) is 0.526. The maximum absolute atomic E-state index is 11.4. The Kier molecular flexibility index (Phi) is 6.41. The predicted molar refractivity (Wildman–Crippen MR) is 144 cm³/mol. The fourth-order valence-corrected chi connectivity index (χ4v) is 5.27. The SMILES string of the molecule is CC(C)CCN1/C(=C/C=C/C2Nc3ccc([N+](=O)[O-])cc3C2(C)C)C(C)(C)c2cc([N+](=O)[O-])ccc21. The van der Waals surface area contributed by atoms with Crippen LogP contribution in [-0.4, -0.2) is 22.4 Å². The number of hydrogen-bond donors (Lipinski definition) is 1. The van der Waals surface area contributed by atoms with Crippen LogP contribution in [0, 0.1) is 26.1 Å². The van der Waals surface area contributed by atoms with Crippen LogP contribution in [0.3, 0.4) is 0 Å². The summed E-state index contributed by atoms with van der Waals surface area (Å²) in [6, 6.07) is 10.1. The Morgan fingerprint density at radius 3 is 2.22 bits per heavy atom. The van der Waals surface area contributed by atoms with E-state index in [1.54, 1.807) is 24.3 Å². The second kappa shape index (κ2) is 9.08. The molecule has 0 saturated heterocycles. The highest BCUT2D eigenvalue weighted by Gasteiger charge is 2.41. The van der Waals surface area contributed by atoms with E-state index in [1.165, 1.54) is 6.07 Å². The zero-order valence-electron chi connectivity index (χ0n) is 21.7. The third-order valence-corrected chi connectivity index (χ3v) is 7.57. The molecule has 0 spiro atoms. The maximum Gasteiger partial charge on any atom is 0.269 e. The molecule has 1 atom stereocenters. The van der Waals surface area contributed by atoms with Crippen LogP contribution in [-0.2, 0) is 10.8 Å². The van der Waals surface area contributed by atoms with Gasteiger partial charge in [0, 0.05) is 58.7 Å². The first-order chi connectivity index (χ1) is 16.8. The van der Waals surface area contributed by atoms with E-state index in [0.29, 0.717) is 5.92 Å². The van der Waals surface area contributed by atoms with E-state index >= 15 is 0 Å². The first-order valence-electron chi connectivity index (χ1n) is 12.3. The summed E-state index contributed by atoms with van der Waals surface area (Å²) in [6.45, 7) is 13.6. The molecule has 4 rings (SSSR count). The number of anilines is 2. The fraction of sp³-hybridized carbons (Fsp3) is 0.429. The molecule has 0 aliphatic carbocycles. The number of nitrogens with zero attached hydrogens (tertiary/aromatic N) is 3. The van der Waals surface area contributed by atoms with Crippen molar-refractivity contribution in [3.8, 4) is 0 Å². The van der Waals surface area contributed by atoms with Gasteiger partial charge in [-0.1, -0.05) is 53.7 Å². The zero-order valence-corrected chi connectivity index (χ0v) is 21.7. The third kappa shape index (κ3) is 4.36. The van der Waals surface area contributed by atoms with Gasteiger partial charge < -0.3 is 10.2 Å². The molecule has 0 amide bonds. The first-order valence-corrected chi connectivity index (χ1v) is 12.3. The molecule has 0 fully saturated rings. The molecule has 8 heteroatoms. The Morgan fingerprint density at radius 2 is 1.61 bits per heavy atom. The van der Waals surface area contributed by atoms with Crippen LogP contribution >= 0.6 is 0 Å². The Hall–Kier alpha value is -3.68. The van der Waals surface area contributed by atoms with Crippen molar-refractivity contribution in [3.63, 3.8) is 0 Å². The molecule has 0 aromatic heterocycles. The number of allylic oxidation sites excluding steroid dienone is 3. The average molecular weight is 491 g/mol. The second-order valence-electron chi connectivity index (χ2n) is 11.2. The van der Waals surface area contributed by atoms with Crippen molar-refractivity contribution in [2.24, 2.45) is 5.92 Å². The highest BCUT2D eigenvalue weighted by atomic mass is 16.6. The summed E-state index contributed by atoms with van der Waals surface area (Å²) in [5, 5.41) is 26.2. The number of fused-ring (bicyclic) bond motifs is 2. The van der Waals surface area contributed by atoms with Gasteiger partial charge in [-0.3, -0.25) is 20.2 Å². The molecule has 36 heavy (non-hydrogen) atoms. The van der Waals surface area contributed by atoms with Crippen molar-refractivity contribution < 1.29 is 9.85 Å². The molecule has 2 aromatic rings. The molecule has 8 nitrogen and oxygen atoms in total. The number of nitrogens with one attached hydrogen (secondary N) is 1. The number of benzene rings is 2. The summed E-state index contributed by atoms with van der Waals surface area (Å²) in [6.07, 6.45) is 7.24. The second-order valence-corrected chi connectivity index (χ2v) is 11.2. The van der Waals surface area contributed by atoms with Gasteiger partial charge in [0.2, 0.25) is 0 Å². The Morgan fingerprint density at radius 1 is 1.00 bits per heavy atom. The molecule has 2 aliphatic rings. The lowest BCUT2D eigenvalue weighted by atomic mass is 9.80. The molecule has 1 N–H and O–H groups in total. The third-order valence-electron chi connectivity index (χ3n) is 7.57. The fourth-order valence-electron chi connectivity index (χ4n) is 5.27. The van der Waals surface area contributed by atoms with Crippen LogP contribution in [0.1, 0.15) is 59.1 Å². The Labute approximate surface area is 212 Å². The number of non-ortho nitro benzene ring substituents is 2. The van der Waals surface area contributed by atoms with Crippen LogP contribution in [0.25, 0.3) is 0 Å². The lowest BCUT2D eigenvalue weighted by Gasteiger charge is -2.28. The van der Waals surface area contributed by atoms with E-state index in [9.17, 15) is 20.2 Å². The number of nitro benzene ring substituents is 2. The summed E-state index contributed by atoms with van der Waals surface area (Å²) in [4.78, 5) is 24.3. The van der Waals surface area contributed by atoms with Gasteiger partial charge in [0.1, 0.15) is 0 Å². The zero-order chi connectivity index (χ0) is 26.4. The van der Waals surface area contributed by atoms with Gasteiger partial charge in [-0.15, -0.1) is 0 Å². The van der Waals surface area contributed by atoms with Crippen molar-refractivity contribution in [1.82, 2.24) is 0 Å². The standard InChI is InChI=1S/C28H34N4O4/c1-18(2)14-15-30-24-13-11-20(32(35)36)17-22(24)28(5,6)26(30)9-7-8-25-27(3,4)21-16-19(31(33)34)10-12-23(21)29-25/h7-13,16-18,25,29H,14-15H2,1-6H3/b8-7+,26-9+. The number of nitro groups is 2. The summed E-state index contributed by atoms with van der Waals surface area (Å²) in [7, 11) is 0. The quantitative estimate of drug-likeness (QED) is 0.336. The van der Waals surface area contributed by atoms with Crippen molar-refractivity contribution in [1.29, 1.82) is 0 Å². The first kappa shape index (κ1) is 25.4. The van der Waals surface area contributed by atoms with E-state index in [1.807, 2.05) is 12.1 Å². The summed E-state index contributed by atoms with van der Waals surface area (Å²) >= 11 is 0. The van der Waals surface area contributed by atoms with E-state index < -0.39 is 5.41 Å². The maximum atomic E-state index is 11.4. The number of hydrogen-bond acceptors (Lipinski definition) is 6. The van der Waals surface area contributed by atoms with Gasteiger partial charge >= 0.3 is 0 Å². The molecular formula is C28H34N4O4. The number of rotatable bonds is 7. The van der Waals surface area contributed by atoms with Crippen molar-refractivity contribution >= 4 is 22.7 Å². The molecule has 2 aromatic carbocycles. The molecular weight excluding hydrogens is 456 g/mol. The average Bonchev–Trinajstić information content (AvgIpc) is 3.18. The van der Waals surface area contributed by atoms with E-state index in [2.05, 4.69) is 63.9 Å². The van der Waals surface area contributed by atoms with Crippen LogP contribution in [0.15, 0.2) is 60.3 Å². The van der Waals surface area contributed by atoms with E-state index in [-0.39, 0.29) is 32.7 Å².